The van der Waals surface area contributed by atoms with Crippen molar-refractivity contribution in [2.45, 2.75) is 26.3 Å². The van der Waals surface area contributed by atoms with E-state index in [9.17, 15) is 4.79 Å². The molecule has 0 radical (unpaired) electrons. The van der Waals surface area contributed by atoms with E-state index in [0.29, 0.717) is 11.4 Å². The monoisotopic (exact) mass is 221 g/mol. The molecule has 16 heavy (non-hydrogen) atoms. The van der Waals surface area contributed by atoms with Crippen LogP contribution in [0.3, 0.4) is 0 Å². The van der Waals surface area contributed by atoms with Crippen LogP contribution in [0.5, 0.6) is 0 Å². The molecule has 0 aliphatic carbocycles. The first-order valence-corrected chi connectivity index (χ1v) is 5.26. The van der Waals surface area contributed by atoms with Gasteiger partial charge in [-0.25, -0.2) is 4.98 Å². The van der Waals surface area contributed by atoms with Gasteiger partial charge in [-0.3, -0.25) is 4.79 Å². The van der Waals surface area contributed by atoms with Gasteiger partial charge >= 0.3 is 0 Å². The summed E-state index contributed by atoms with van der Waals surface area (Å²) in [5.74, 6) is 0.591. The maximum atomic E-state index is 12.0. The van der Waals surface area contributed by atoms with Crippen LogP contribution in [-0.4, -0.2) is 30.5 Å². The molecule has 1 N–H and O–H groups in total. The van der Waals surface area contributed by atoms with E-state index in [-0.39, 0.29) is 11.4 Å². The van der Waals surface area contributed by atoms with Gasteiger partial charge in [0.05, 0.1) is 5.56 Å². The molecular formula is C12H19N3O. The van der Waals surface area contributed by atoms with Crippen LogP contribution in [0, 0.1) is 0 Å². The average Bonchev–Trinajstić information content (AvgIpc) is 2.15. The average molecular weight is 221 g/mol. The molecule has 1 rings (SSSR count). The molecule has 1 amide bonds. The molecule has 0 fully saturated rings. The maximum Gasteiger partial charge on any atom is 0.255 e. The summed E-state index contributed by atoms with van der Waals surface area (Å²) in [7, 11) is 3.74. The summed E-state index contributed by atoms with van der Waals surface area (Å²) in [5.41, 5.74) is 0.360. The molecule has 0 aromatic carbocycles. The van der Waals surface area contributed by atoms with Gasteiger partial charge in [-0.1, -0.05) is 0 Å². The van der Waals surface area contributed by atoms with E-state index in [4.69, 9.17) is 0 Å². The summed E-state index contributed by atoms with van der Waals surface area (Å²) >= 11 is 0. The molecule has 4 nitrogen and oxygen atoms in total. The van der Waals surface area contributed by atoms with Crippen molar-refractivity contribution in [2.75, 3.05) is 19.0 Å². The molecular weight excluding hydrogens is 202 g/mol. The second-order valence-electron chi connectivity index (χ2n) is 4.97. The zero-order chi connectivity index (χ0) is 12.3. The van der Waals surface area contributed by atoms with E-state index < -0.39 is 0 Å². The van der Waals surface area contributed by atoms with Crippen molar-refractivity contribution in [1.82, 2.24) is 10.3 Å². The maximum absolute atomic E-state index is 12.0. The Morgan fingerprint density at radius 1 is 1.38 bits per heavy atom. The van der Waals surface area contributed by atoms with Crippen LogP contribution in [0.2, 0.25) is 0 Å². The van der Waals surface area contributed by atoms with Gasteiger partial charge in [0.15, 0.2) is 0 Å². The number of rotatable bonds is 2. The number of aromatic nitrogens is 1. The number of hydrogen-bond donors (Lipinski definition) is 1. The summed E-state index contributed by atoms with van der Waals surface area (Å²) in [4.78, 5) is 18.0. The fourth-order valence-corrected chi connectivity index (χ4v) is 1.34. The van der Waals surface area contributed by atoms with Crippen molar-refractivity contribution in [3.8, 4) is 0 Å². The number of amides is 1. The lowest BCUT2D eigenvalue weighted by molar-refractivity contribution is 0.0920. The highest BCUT2D eigenvalue weighted by molar-refractivity contribution is 5.99. The van der Waals surface area contributed by atoms with Gasteiger partial charge < -0.3 is 10.2 Å². The Kier molecular flexibility index (Phi) is 3.52. The minimum Gasteiger partial charge on any atom is -0.362 e. The first-order chi connectivity index (χ1) is 7.31. The molecule has 4 heteroatoms. The highest BCUT2D eigenvalue weighted by Crippen LogP contribution is 2.15. The van der Waals surface area contributed by atoms with Gasteiger partial charge in [0.1, 0.15) is 5.82 Å². The number of nitrogens with zero attached hydrogens (tertiary/aromatic N) is 2. The zero-order valence-corrected chi connectivity index (χ0v) is 10.5. The SMILES string of the molecule is CN(C)c1ncccc1C(=O)NC(C)(C)C. The van der Waals surface area contributed by atoms with Crippen LogP contribution in [0.4, 0.5) is 5.82 Å². The first-order valence-electron chi connectivity index (χ1n) is 5.26. The Morgan fingerprint density at radius 2 is 2.00 bits per heavy atom. The van der Waals surface area contributed by atoms with E-state index in [1.165, 1.54) is 0 Å². The number of pyridine rings is 1. The first kappa shape index (κ1) is 12.5. The predicted octanol–water partition coefficient (Wildman–Crippen LogP) is 1.68. The topological polar surface area (TPSA) is 45.2 Å². The lowest BCUT2D eigenvalue weighted by Crippen LogP contribution is -2.41. The number of anilines is 1. The van der Waals surface area contributed by atoms with Crippen molar-refractivity contribution in [2.24, 2.45) is 0 Å². The molecule has 0 spiro atoms. The van der Waals surface area contributed by atoms with Crippen molar-refractivity contribution in [3.63, 3.8) is 0 Å². The lowest BCUT2D eigenvalue weighted by atomic mass is 10.1. The number of carbonyl (C=O) groups is 1. The van der Waals surface area contributed by atoms with Crippen molar-refractivity contribution in [3.05, 3.63) is 23.9 Å². The molecule has 0 atom stereocenters. The van der Waals surface area contributed by atoms with E-state index >= 15 is 0 Å². The van der Waals surface area contributed by atoms with Gasteiger partial charge in [0.2, 0.25) is 0 Å². The third kappa shape index (κ3) is 3.22. The summed E-state index contributed by atoms with van der Waals surface area (Å²) in [6, 6.07) is 3.55. The lowest BCUT2D eigenvalue weighted by Gasteiger charge is -2.22. The molecule has 0 saturated heterocycles. The fraction of sp³-hybridized carbons (Fsp3) is 0.500. The summed E-state index contributed by atoms with van der Waals surface area (Å²) in [6.07, 6.45) is 1.68. The van der Waals surface area contributed by atoms with Crippen LogP contribution in [0.1, 0.15) is 31.1 Å². The fourth-order valence-electron chi connectivity index (χ4n) is 1.34. The molecule has 0 bridgehead atoms. The second kappa shape index (κ2) is 4.51. The Hall–Kier alpha value is -1.58. The largest absolute Gasteiger partial charge is 0.362 e. The van der Waals surface area contributed by atoms with Crippen LogP contribution in [0.15, 0.2) is 18.3 Å². The number of carbonyl (C=O) groups excluding carboxylic acids is 1. The minimum atomic E-state index is -0.240. The third-order valence-electron chi connectivity index (χ3n) is 1.94. The Morgan fingerprint density at radius 3 is 2.50 bits per heavy atom. The molecule has 0 unspecified atom stereocenters. The Balaban J connectivity index is 3.00. The van der Waals surface area contributed by atoms with E-state index in [1.54, 1.807) is 18.3 Å². The van der Waals surface area contributed by atoms with Crippen molar-refractivity contribution >= 4 is 11.7 Å². The standard InChI is InChI=1S/C12H19N3O/c1-12(2,3)14-11(16)9-7-6-8-13-10(9)15(4)5/h6-8H,1-5H3,(H,14,16). The van der Waals surface area contributed by atoms with E-state index in [2.05, 4.69) is 10.3 Å². The van der Waals surface area contributed by atoms with Crippen LogP contribution >= 0.6 is 0 Å². The van der Waals surface area contributed by atoms with Gasteiger partial charge in [-0.05, 0) is 32.9 Å². The quantitative estimate of drug-likeness (QED) is 0.826. The summed E-state index contributed by atoms with van der Waals surface area (Å²) < 4.78 is 0. The van der Waals surface area contributed by atoms with Crippen molar-refractivity contribution < 1.29 is 4.79 Å². The van der Waals surface area contributed by atoms with Crippen LogP contribution < -0.4 is 10.2 Å². The number of nitrogens with one attached hydrogen (secondary N) is 1. The molecule has 0 aliphatic heterocycles. The Bertz CT molecular complexity index is 380. The highest BCUT2D eigenvalue weighted by atomic mass is 16.1. The van der Waals surface area contributed by atoms with Gasteiger partial charge in [-0.2, -0.15) is 0 Å². The highest BCUT2D eigenvalue weighted by Gasteiger charge is 2.18. The van der Waals surface area contributed by atoms with Crippen molar-refractivity contribution in [1.29, 1.82) is 0 Å². The van der Waals surface area contributed by atoms with E-state index in [0.717, 1.165) is 0 Å². The van der Waals surface area contributed by atoms with Gasteiger partial charge in [0.25, 0.3) is 5.91 Å². The minimum absolute atomic E-state index is 0.0932. The Labute approximate surface area is 96.7 Å². The normalized spacial score (nSPS) is 11.1. The molecule has 88 valence electrons. The van der Waals surface area contributed by atoms with Gasteiger partial charge in [0, 0.05) is 25.8 Å². The van der Waals surface area contributed by atoms with Gasteiger partial charge in [-0.15, -0.1) is 0 Å². The predicted molar refractivity (Wildman–Crippen MR) is 65.8 cm³/mol. The van der Waals surface area contributed by atoms with Crippen LogP contribution in [0.25, 0.3) is 0 Å². The van der Waals surface area contributed by atoms with E-state index in [1.807, 2.05) is 39.8 Å². The number of hydrogen-bond acceptors (Lipinski definition) is 3. The molecule has 1 heterocycles. The zero-order valence-electron chi connectivity index (χ0n) is 10.5. The summed E-state index contributed by atoms with van der Waals surface area (Å²) in [5, 5.41) is 2.93. The molecule has 1 aromatic heterocycles. The van der Waals surface area contributed by atoms with Crippen LogP contribution in [-0.2, 0) is 0 Å². The third-order valence-corrected chi connectivity index (χ3v) is 1.94. The molecule has 1 aromatic rings. The molecule has 0 saturated carbocycles. The smallest absolute Gasteiger partial charge is 0.255 e. The summed E-state index contributed by atoms with van der Waals surface area (Å²) in [6.45, 7) is 5.86. The second-order valence-corrected chi connectivity index (χ2v) is 4.97. The molecule has 0 aliphatic rings.